The van der Waals surface area contributed by atoms with Crippen molar-refractivity contribution in [3.8, 4) is 5.75 Å². The molecular formula is C19H24ClNO4S. The Kier molecular flexibility index (Phi) is 6.55. The summed E-state index contributed by atoms with van der Waals surface area (Å²) < 4.78 is 31.4. The van der Waals surface area contributed by atoms with Gasteiger partial charge < -0.3 is 9.84 Å². The van der Waals surface area contributed by atoms with Crippen molar-refractivity contribution in [1.29, 1.82) is 0 Å². The van der Waals surface area contributed by atoms with Gasteiger partial charge in [0.1, 0.15) is 18.5 Å². The number of nitrogens with zero attached hydrogens (tertiary/aromatic N) is 1. The predicted octanol–water partition coefficient (Wildman–Crippen LogP) is 3.47. The van der Waals surface area contributed by atoms with Crippen molar-refractivity contribution in [2.24, 2.45) is 0 Å². The molecule has 0 bridgehead atoms. The van der Waals surface area contributed by atoms with Crippen LogP contribution < -0.4 is 9.04 Å². The molecule has 0 saturated carbocycles. The van der Waals surface area contributed by atoms with E-state index in [0.717, 1.165) is 22.9 Å². The summed E-state index contributed by atoms with van der Waals surface area (Å²) in [6.45, 7) is 5.51. The van der Waals surface area contributed by atoms with Crippen LogP contribution in [0.4, 0.5) is 5.69 Å². The molecule has 0 aliphatic rings. The molecule has 0 heterocycles. The lowest BCUT2D eigenvalue weighted by molar-refractivity contribution is 0.115. The number of benzene rings is 2. The third-order valence-corrected chi connectivity index (χ3v) is 5.37. The van der Waals surface area contributed by atoms with Gasteiger partial charge in [0.25, 0.3) is 0 Å². The van der Waals surface area contributed by atoms with Gasteiger partial charge in [0, 0.05) is 0 Å². The second-order valence-corrected chi connectivity index (χ2v) is 8.75. The SMILES string of the molecule is Cc1cc(C)c(N(C[C@H](O)COc2ccccc2Cl)S(C)(=O)=O)c(C)c1. The van der Waals surface area contributed by atoms with Crippen LogP contribution in [-0.4, -0.2) is 39.0 Å². The number of anilines is 1. The maximum absolute atomic E-state index is 12.3. The molecule has 1 N–H and O–H groups in total. The number of hydrogen-bond donors (Lipinski definition) is 1. The first kappa shape index (κ1) is 20.6. The lowest BCUT2D eigenvalue weighted by Crippen LogP contribution is -2.40. The van der Waals surface area contributed by atoms with Crippen LogP contribution in [0.3, 0.4) is 0 Å². The highest BCUT2D eigenvalue weighted by Gasteiger charge is 2.24. The second-order valence-electron chi connectivity index (χ2n) is 6.44. The van der Waals surface area contributed by atoms with Gasteiger partial charge in [0.15, 0.2) is 0 Å². The second kappa shape index (κ2) is 8.29. The fraction of sp³-hybridized carbons (Fsp3) is 0.368. The Hall–Kier alpha value is -1.76. The Bertz CT molecular complexity index is 860. The Morgan fingerprint density at radius 3 is 2.27 bits per heavy atom. The highest BCUT2D eigenvalue weighted by molar-refractivity contribution is 7.92. The number of sulfonamides is 1. The van der Waals surface area contributed by atoms with E-state index in [1.54, 1.807) is 24.3 Å². The third-order valence-electron chi connectivity index (χ3n) is 3.93. The standard InChI is InChI=1S/C19H24ClNO4S/c1-13-9-14(2)19(15(3)10-13)21(26(4,23)24)11-16(22)12-25-18-8-6-5-7-17(18)20/h5-10,16,22H,11-12H2,1-4H3/t16-/m0/s1. The quantitative estimate of drug-likeness (QED) is 0.776. The third kappa shape index (κ3) is 5.13. The van der Waals surface area contributed by atoms with Gasteiger partial charge in [-0.05, 0) is 44.0 Å². The van der Waals surface area contributed by atoms with Crippen molar-refractivity contribution < 1.29 is 18.3 Å². The lowest BCUT2D eigenvalue weighted by Gasteiger charge is -2.28. The average Bonchev–Trinajstić information content (AvgIpc) is 2.51. The van der Waals surface area contributed by atoms with Gasteiger partial charge >= 0.3 is 0 Å². The summed E-state index contributed by atoms with van der Waals surface area (Å²) in [6.07, 6.45) is 0.119. The topological polar surface area (TPSA) is 66.8 Å². The minimum atomic E-state index is -3.57. The van der Waals surface area contributed by atoms with Crippen LogP contribution in [0.1, 0.15) is 16.7 Å². The minimum Gasteiger partial charge on any atom is -0.489 e. The molecule has 0 aliphatic heterocycles. The van der Waals surface area contributed by atoms with Crippen molar-refractivity contribution >= 4 is 27.3 Å². The molecule has 1 atom stereocenters. The van der Waals surface area contributed by atoms with Gasteiger partial charge in [-0.3, -0.25) is 4.31 Å². The van der Waals surface area contributed by atoms with Gasteiger partial charge in [0.05, 0.1) is 23.5 Å². The van der Waals surface area contributed by atoms with E-state index in [2.05, 4.69) is 0 Å². The molecule has 2 rings (SSSR count). The number of hydrogen-bond acceptors (Lipinski definition) is 4. The molecule has 0 unspecified atom stereocenters. The molecule has 142 valence electrons. The maximum atomic E-state index is 12.3. The number of aryl methyl sites for hydroxylation is 3. The van der Waals surface area contributed by atoms with Crippen molar-refractivity contribution in [3.63, 3.8) is 0 Å². The van der Waals surface area contributed by atoms with E-state index in [-0.39, 0.29) is 13.2 Å². The van der Waals surface area contributed by atoms with Gasteiger partial charge in [-0.15, -0.1) is 0 Å². The molecule has 0 aromatic heterocycles. The normalized spacial score (nSPS) is 12.7. The van der Waals surface area contributed by atoms with Crippen LogP contribution in [0.5, 0.6) is 5.75 Å². The molecular weight excluding hydrogens is 374 g/mol. The van der Waals surface area contributed by atoms with Crippen LogP contribution >= 0.6 is 11.6 Å². The molecule has 2 aromatic carbocycles. The summed E-state index contributed by atoms with van der Waals surface area (Å²) in [7, 11) is -3.57. The summed E-state index contributed by atoms with van der Waals surface area (Å²) in [5, 5.41) is 10.8. The zero-order valence-corrected chi connectivity index (χ0v) is 16.9. The molecule has 0 aliphatic carbocycles. The van der Waals surface area contributed by atoms with Crippen LogP contribution in [0.2, 0.25) is 5.02 Å². The molecule has 0 amide bonds. The van der Waals surface area contributed by atoms with Crippen LogP contribution in [0.25, 0.3) is 0 Å². The molecule has 5 nitrogen and oxygen atoms in total. The largest absolute Gasteiger partial charge is 0.489 e. The fourth-order valence-corrected chi connectivity index (χ4v) is 4.20. The summed E-state index contributed by atoms with van der Waals surface area (Å²) in [5.41, 5.74) is 3.33. The van der Waals surface area contributed by atoms with Gasteiger partial charge in [-0.2, -0.15) is 0 Å². The van der Waals surface area contributed by atoms with E-state index in [0.29, 0.717) is 16.5 Å². The van der Waals surface area contributed by atoms with E-state index in [4.69, 9.17) is 16.3 Å². The van der Waals surface area contributed by atoms with E-state index in [1.165, 1.54) is 4.31 Å². The molecule has 0 spiro atoms. The molecule has 0 fully saturated rings. The van der Waals surface area contributed by atoms with E-state index in [9.17, 15) is 13.5 Å². The molecule has 26 heavy (non-hydrogen) atoms. The first-order valence-corrected chi connectivity index (χ1v) is 10.4. The monoisotopic (exact) mass is 397 g/mol. The minimum absolute atomic E-state index is 0.0697. The van der Waals surface area contributed by atoms with Crippen molar-refractivity contribution in [3.05, 3.63) is 58.1 Å². The molecule has 2 aromatic rings. The fourth-order valence-electron chi connectivity index (χ4n) is 2.95. The Morgan fingerprint density at radius 1 is 1.15 bits per heavy atom. The molecule has 0 saturated heterocycles. The van der Waals surface area contributed by atoms with Gasteiger partial charge in [0.2, 0.25) is 10.0 Å². The number of aliphatic hydroxyl groups is 1. The summed E-state index contributed by atoms with van der Waals surface area (Å²) in [6, 6.07) is 10.8. The highest BCUT2D eigenvalue weighted by atomic mass is 35.5. The number of aliphatic hydroxyl groups excluding tert-OH is 1. The summed E-state index contributed by atoms with van der Waals surface area (Å²) >= 11 is 6.03. The Morgan fingerprint density at radius 2 is 1.73 bits per heavy atom. The number of para-hydroxylation sites is 1. The van der Waals surface area contributed by atoms with Crippen molar-refractivity contribution in [2.75, 3.05) is 23.7 Å². The summed E-state index contributed by atoms with van der Waals surface area (Å²) in [5.74, 6) is 0.446. The summed E-state index contributed by atoms with van der Waals surface area (Å²) in [4.78, 5) is 0. The van der Waals surface area contributed by atoms with E-state index in [1.807, 2.05) is 32.9 Å². The van der Waals surface area contributed by atoms with E-state index >= 15 is 0 Å². The number of halogens is 1. The van der Waals surface area contributed by atoms with Crippen molar-refractivity contribution in [1.82, 2.24) is 0 Å². The highest BCUT2D eigenvalue weighted by Crippen LogP contribution is 2.29. The molecule has 0 radical (unpaired) electrons. The zero-order valence-electron chi connectivity index (χ0n) is 15.4. The lowest BCUT2D eigenvalue weighted by atomic mass is 10.0. The number of rotatable bonds is 7. The van der Waals surface area contributed by atoms with Gasteiger partial charge in [-0.25, -0.2) is 8.42 Å². The van der Waals surface area contributed by atoms with Crippen LogP contribution in [0, 0.1) is 20.8 Å². The molecule has 7 heteroatoms. The first-order valence-electron chi connectivity index (χ1n) is 8.20. The zero-order chi connectivity index (χ0) is 19.5. The van der Waals surface area contributed by atoms with E-state index < -0.39 is 16.1 Å². The van der Waals surface area contributed by atoms with Gasteiger partial charge in [-0.1, -0.05) is 41.4 Å². The van der Waals surface area contributed by atoms with Crippen LogP contribution in [-0.2, 0) is 10.0 Å². The number of ether oxygens (including phenoxy) is 1. The smallest absolute Gasteiger partial charge is 0.232 e. The Balaban J connectivity index is 2.20. The predicted molar refractivity (Wildman–Crippen MR) is 106 cm³/mol. The van der Waals surface area contributed by atoms with Crippen molar-refractivity contribution in [2.45, 2.75) is 26.9 Å². The first-order chi connectivity index (χ1) is 12.1. The average molecular weight is 398 g/mol. The Labute approximate surface area is 160 Å². The maximum Gasteiger partial charge on any atom is 0.232 e. The van der Waals surface area contributed by atoms with Crippen LogP contribution in [0.15, 0.2) is 36.4 Å².